The van der Waals surface area contributed by atoms with Gasteiger partial charge in [-0.05, 0) is 49.8 Å². The second kappa shape index (κ2) is 9.23. The number of fused-ring (bicyclic) bond motifs is 1. The van der Waals surface area contributed by atoms with E-state index in [4.69, 9.17) is 20.2 Å². The molecule has 0 saturated heterocycles. The Balaban J connectivity index is 1.97. The smallest absolute Gasteiger partial charge is 0.155 e. The zero-order chi connectivity index (χ0) is 19.9. The summed E-state index contributed by atoms with van der Waals surface area (Å²) in [5.74, 6) is 0.833. The fourth-order valence-electron chi connectivity index (χ4n) is 2.44. The molecule has 0 amide bonds. The van der Waals surface area contributed by atoms with Crippen LogP contribution in [0, 0.1) is 29.6 Å². The number of nitrogens with zero attached hydrogens (tertiary/aromatic N) is 3. The molecule has 6 heteroatoms. The number of thioether (sulfide) groups is 1. The van der Waals surface area contributed by atoms with Gasteiger partial charge in [-0.1, -0.05) is 41.6 Å². The van der Waals surface area contributed by atoms with Crippen molar-refractivity contribution in [2.45, 2.75) is 18.2 Å². The highest BCUT2D eigenvalue weighted by Gasteiger charge is 2.10. The summed E-state index contributed by atoms with van der Waals surface area (Å²) in [5.41, 5.74) is 3.17. The van der Waals surface area contributed by atoms with Crippen LogP contribution >= 0.6 is 23.1 Å². The number of rotatable bonds is 6. The van der Waals surface area contributed by atoms with Crippen molar-refractivity contribution in [2.24, 2.45) is 0 Å². The fraction of sp³-hybridized carbons (Fsp3) is 0.136. The van der Waals surface area contributed by atoms with Crippen LogP contribution in [0.1, 0.15) is 18.1 Å². The summed E-state index contributed by atoms with van der Waals surface area (Å²) in [6.07, 6.45) is 3.34. The minimum atomic E-state index is 0.0656. The number of aryl methyl sites for hydroxylation is 1. The molecule has 0 atom stereocenters. The topological polar surface area (TPSA) is 69.7 Å². The third kappa shape index (κ3) is 4.80. The van der Waals surface area contributed by atoms with Crippen LogP contribution in [0.25, 0.3) is 15.1 Å². The average Bonchev–Trinajstić information content (AvgIpc) is 3.10. The normalized spacial score (nSPS) is 10.9. The van der Waals surface area contributed by atoms with Crippen molar-refractivity contribution in [1.29, 1.82) is 10.5 Å². The molecule has 0 N–H and O–H groups in total. The predicted octanol–water partition coefficient (Wildman–Crippen LogP) is 6.11. The van der Waals surface area contributed by atoms with Crippen molar-refractivity contribution in [2.75, 3.05) is 6.61 Å². The quantitative estimate of drug-likeness (QED) is 0.282. The van der Waals surface area contributed by atoms with Crippen LogP contribution in [0.4, 0.5) is 0 Å². The molecule has 1 aromatic heterocycles. The highest BCUT2D eigenvalue weighted by atomic mass is 32.2. The van der Waals surface area contributed by atoms with Gasteiger partial charge in [0.25, 0.3) is 0 Å². The molecule has 4 nitrogen and oxygen atoms in total. The van der Waals surface area contributed by atoms with Gasteiger partial charge in [-0.15, -0.1) is 11.3 Å². The van der Waals surface area contributed by atoms with Crippen LogP contribution in [0.15, 0.2) is 64.5 Å². The van der Waals surface area contributed by atoms with E-state index in [-0.39, 0.29) is 5.57 Å². The van der Waals surface area contributed by atoms with Gasteiger partial charge in [0, 0.05) is 4.91 Å². The first kappa shape index (κ1) is 19.7. The van der Waals surface area contributed by atoms with Crippen LogP contribution in [-0.2, 0) is 0 Å². The number of ether oxygens (including phenoxy) is 1. The number of allylic oxidation sites excluding steroid dienone is 3. The molecule has 0 aliphatic heterocycles. The highest BCUT2D eigenvalue weighted by Crippen LogP contribution is 2.39. The van der Waals surface area contributed by atoms with E-state index in [0.717, 1.165) is 30.8 Å². The maximum absolute atomic E-state index is 9.00. The van der Waals surface area contributed by atoms with Crippen molar-refractivity contribution in [3.63, 3.8) is 0 Å². The van der Waals surface area contributed by atoms with Crippen LogP contribution in [0.3, 0.4) is 0 Å². The van der Waals surface area contributed by atoms with E-state index in [2.05, 4.69) is 0 Å². The van der Waals surface area contributed by atoms with Crippen LogP contribution in [0.5, 0.6) is 5.75 Å². The third-order valence-corrected chi connectivity index (χ3v) is 6.00. The van der Waals surface area contributed by atoms with E-state index in [9.17, 15) is 0 Å². The molecule has 0 unspecified atom stereocenters. The first-order valence-electron chi connectivity index (χ1n) is 8.63. The van der Waals surface area contributed by atoms with Crippen molar-refractivity contribution >= 4 is 38.2 Å². The zero-order valence-electron chi connectivity index (χ0n) is 15.5. The predicted molar refractivity (Wildman–Crippen MR) is 115 cm³/mol. The molecule has 28 heavy (non-hydrogen) atoms. The number of hydrogen-bond acceptors (Lipinski definition) is 6. The number of benzene rings is 2. The van der Waals surface area contributed by atoms with Gasteiger partial charge >= 0.3 is 0 Å². The van der Waals surface area contributed by atoms with Gasteiger partial charge < -0.3 is 4.74 Å². The van der Waals surface area contributed by atoms with Crippen molar-refractivity contribution in [3.05, 3.63) is 71.3 Å². The first-order valence-corrected chi connectivity index (χ1v) is 10.3. The van der Waals surface area contributed by atoms with E-state index in [0.29, 0.717) is 6.61 Å². The van der Waals surface area contributed by atoms with Gasteiger partial charge in [-0.25, -0.2) is 4.98 Å². The average molecular weight is 404 g/mol. The maximum Gasteiger partial charge on any atom is 0.155 e. The Morgan fingerprint density at radius 1 is 1.14 bits per heavy atom. The number of thiazole rings is 1. The highest BCUT2D eigenvalue weighted by molar-refractivity contribution is 8.09. The second-order valence-electron chi connectivity index (χ2n) is 5.85. The van der Waals surface area contributed by atoms with E-state index in [1.54, 1.807) is 23.5 Å². The molecule has 2 aromatic carbocycles. The van der Waals surface area contributed by atoms with Gasteiger partial charge in [0.15, 0.2) is 4.34 Å². The Hall–Kier alpha value is -3.06. The van der Waals surface area contributed by atoms with Gasteiger partial charge in [0.2, 0.25) is 0 Å². The Kier molecular flexibility index (Phi) is 6.49. The van der Waals surface area contributed by atoms with Crippen LogP contribution in [-0.4, -0.2) is 11.6 Å². The summed E-state index contributed by atoms with van der Waals surface area (Å²) in [5, 5.41) is 18.0. The van der Waals surface area contributed by atoms with E-state index >= 15 is 0 Å². The minimum Gasteiger partial charge on any atom is -0.494 e. The molecule has 0 radical (unpaired) electrons. The summed E-state index contributed by atoms with van der Waals surface area (Å²) in [6, 6.07) is 17.8. The first-order chi connectivity index (χ1) is 13.6. The van der Waals surface area contributed by atoms with Crippen LogP contribution < -0.4 is 4.74 Å². The Morgan fingerprint density at radius 2 is 1.89 bits per heavy atom. The molecule has 0 spiro atoms. The van der Waals surface area contributed by atoms with Crippen molar-refractivity contribution in [1.82, 2.24) is 4.98 Å². The summed E-state index contributed by atoms with van der Waals surface area (Å²) in [4.78, 5) is 5.62. The van der Waals surface area contributed by atoms with Gasteiger partial charge in [-0.2, -0.15) is 10.5 Å². The second-order valence-corrected chi connectivity index (χ2v) is 8.16. The number of aromatic nitrogens is 1. The Labute approximate surface area is 172 Å². The minimum absolute atomic E-state index is 0.0656. The fourth-order valence-corrected chi connectivity index (χ4v) is 4.60. The molecular weight excluding hydrogens is 386 g/mol. The molecule has 138 valence electrons. The Bertz CT molecular complexity index is 1110. The molecule has 0 saturated carbocycles. The monoisotopic (exact) mass is 403 g/mol. The summed E-state index contributed by atoms with van der Waals surface area (Å²) < 4.78 is 7.51. The third-order valence-electron chi connectivity index (χ3n) is 3.83. The summed E-state index contributed by atoms with van der Waals surface area (Å²) >= 11 is 3.11. The van der Waals surface area contributed by atoms with Crippen molar-refractivity contribution in [3.8, 4) is 17.9 Å². The molecule has 0 aliphatic carbocycles. The molecular formula is C22H17N3OS2. The standard InChI is InChI=1S/C22H17N3OS2/c1-3-26-18-9-10-19-21(12-18)28-22(25-19)27-20(11-6-16(13-23)14-24)17-7-4-15(2)5-8-17/h4-12H,3H2,1-2H3/b20-11+. The lowest BCUT2D eigenvalue weighted by molar-refractivity contribution is 0.341. The molecule has 0 aliphatic rings. The molecule has 3 aromatic rings. The SMILES string of the molecule is CCOc1ccc2nc(S/C(=C/C=C(C#N)C#N)c3ccc(C)cc3)sc2c1. The number of hydrogen-bond donors (Lipinski definition) is 0. The van der Waals surface area contributed by atoms with E-state index in [1.165, 1.54) is 17.3 Å². The van der Waals surface area contributed by atoms with E-state index in [1.807, 2.05) is 68.5 Å². The van der Waals surface area contributed by atoms with Gasteiger partial charge in [-0.3, -0.25) is 0 Å². The lowest BCUT2D eigenvalue weighted by Gasteiger charge is -2.05. The molecule has 0 bridgehead atoms. The zero-order valence-corrected chi connectivity index (χ0v) is 17.1. The molecule has 1 heterocycles. The van der Waals surface area contributed by atoms with Gasteiger partial charge in [0.05, 0.1) is 16.8 Å². The Morgan fingerprint density at radius 3 is 2.57 bits per heavy atom. The molecule has 0 fully saturated rings. The summed E-state index contributed by atoms with van der Waals surface area (Å²) in [6.45, 7) is 4.62. The van der Waals surface area contributed by atoms with Crippen LogP contribution in [0.2, 0.25) is 0 Å². The maximum atomic E-state index is 9.00. The molecule has 3 rings (SSSR count). The van der Waals surface area contributed by atoms with Gasteiger partial charge in [0.1, 0.15) is 23.5 Å². The lowest BCUT2D eigenvalue weighted by atomic mass is 10.1. The largest absolute Gasteiger partial charge is 0.494 e. The van der Waals surface area contributed by atoms with Crippen molar-refractivity contribution < 1.29 is 4.74 Å². The lowest BCUT2D eigenvalue weighted by Crippen LogP contribution is -1.89. The number of nitriles is 2. The van der Waals surface area contributed by atoms with E-state index < -0.39 is 0 Å². The summed E-state index contributed by atoms with van der Waals surface area (Å²) in [7, 11) is 0.